The average Bonchev–Trinajstić information content (AvgIpc) is 2.66. The molecule has 32 heavy (non-hydrogen) atoms. The van der Waals surface area contributed by atoms with E-state index in [1.54, 1.807) is 0 Å². The Morgan fingerprint density at radius 3 is 1.81 bits per heavy atom. The molecule has 0 aliphatic carbocycles. The summed E-state index contributed by atoms with van der Waals surface area (Å²) < 4.78 is 54.9. The molecule has 3 aromatic rings. The normalized spacial score (nSPS) is 11.7. The van der Waals surface area contributed by atoms with Gasteiger partial charge in [0.25, 0.3) is 25.7 Å². The number of hydrogen-bond acceptors (Lipinski definition) is 6. The lowest BCUT2D eigenvalue weighted by molar-refractivity contribution is -0.385. The molecule has 3 aromatic carbocycles. The molecule has 168 valence electrons. The lowest BCUT2D eigenvalue weighted by atomic mass is 10.2. The second kappa shape index (κ2) is 8.94. The fourth-order valence-electron chi connectivity index (χ4n) is 2.70. The average molecular weight is 516 g/mol. The number of nitrogens with zero attached hydrogens (tertiary/aromatic N) is 1. The van der Waals surface area contributed by atoms with E-state index < -0.39 is 25.0 Å². The molecule has 0 aliphatic rings. The first-order valence-corrected chi connectivity index (χ1v) is 12.5. The van der Waals surface area contributed by atoms with Crippen LogP contribution in [0.4, 0.5) is 17.1 Å². The molecular weight excluding hydrogens is 501 g/mol. The number of aryl methyl sites for hydroxylation is 1. The van der Waals surface area contributed by atoms with Gasteiger partial charge in [-0.25, -0.2) is 16.8 Å². The van der Waals surface area contributed by atoms with Crippen LogP contribution < -0.4 is 9.44 Å². The highest BCUT2D eigenvalue weighted by molar-refractivity contribution is 7.93. The quantitative estimate of drug-likeness (QED) is 0.342. The van der Waals surface area contributed by atoms with E-state index in [0.717, 1.165) is 6.07 Å². The van der Waals surface area contributed by atoms with Crippen LogP contribution >= 0.6 is 23.2 Å². The van der Waals surface area contributed by atoms with E-state index in [1.807, 2.05) is 0 Å². The van der Waals surface area contributed by atoms with Gasteiger partial charge in [0.2, 0.25) is 0 Å². The van der Waals surface area contributed by atoms with E-state index in [-0.39, 0.29) is 36.9 Å². The van der Waals surface area contributed by atoms with Crippen LogP contribution in [0.25, 0.3) is 0 Å². The number of hydrogen-bond donors (Lipinski definition) is 2. The highest BCUT2D eigenvalue weighted by atomic mass is 35.5. The molecule has 0 saturated carbocycles. The molecular formula is C19H15Cl2N3O6S2. The Morgan fingerprint density at radius 2 is 1.25 bits per heavy atom. The van der Waals surface area contributed by atoms with Crippen LogP contribution in [-0.4, -0.2) is 21.8 Å². The lowest BCUT2D eigenvalue weighted by Crippen LogP contribution is -2.15. The summed E-state index contributed by atoms with van der Waals surface area (Å²) in [5.74, 6) is 0. The van der Waals surface area contributed by atoms with Crippen LogP contribution in [0.15, 0.2) is 70.5 Å². The van der Waals surface area contributed by atoms with Crippen molar-refractivity contribution < 1.29 is 21.8 Å². The van der Waals surface area contributed by atoms with Crippen molar-refractivity contribution in [2.45, 2.75) is 16.7 Å². The first-order valence-electron chi connectivity index (χ1n) is 8.74. The molecule has 0 unspecified atom stereocenters. The monoisotopic (exact) mass is 515 g/mol. The largest absolute Gasteiger partial charge is 0.280 e. The van der Waals surface area contributed by atoms with E-state index in [2.05, 4.69) is 9.44 Å². The number of benzene rings is 3. The second-order valence-corrected chi connectivity index (χ2v) is 10.8. The Hall–Kier alpha value is -2.86. The number of nitro groups is 1. The molecule has 9 nitrogen and oxygen atoms in total. The van der Waals surface area contributed by atoms with Crippen LogP contribution in [0.3, 0.4) is 0 Å². The van der Waals surface area contributed by atoms with Crippen molar-refractivity contribution in [2.75, 3.05) is 9.44 Å². The van der Waals surface area contributed by atoms with Gasteiger partial charge in [0.1, 0.15) is 0 Å². The summed E-state index contributed by atoms with van der Waals surface area (Å²) in [6.07, 6.45) is 0. The van der Waals surface area contributed by atoms with Crippen LogP contribution in [0.5, 0.6) is 0 Å². The number of halogens is 2. The van der Waals surface area contributed by atoms with Crippen molar-refractivity contribution in [3.8, 4) is 0 Å². The minimum atomic E-state index is -4.14. The molecule has 0 heterocycles. The first kappa shape index (κ1) is 23.8. The Balaban J connectivity index is 1.82. The summed E-state index contributed by atoms with van der Waals surface area (Å²) in [7, 11) is -8.14. The number of nitrogens with one attached hydrogen (secondary N) is 2. The predicted molar refractivity (Wildman–Crippen MR) is 122 cm³/mol. The summed E-state index contributed by atoms with van der Waals surface area (Å²) in [4.78, 5) is 9.96. The van der Waals surface area contributed by atoms with Crippen LogP contribution in [-0.2, 0) is 20.0 Å². The Labute approximate surface area is 194 Å². The van der Waals surface area contributed by atoms with E-state index in [9.17, 15) is 26.9 Å². The lowest BCUT2D eigenvalue weighted by Gasteiger charge is -2.11. The van der Waals surface area contributed by atoms with Gasteiger partial charge in [-0.3, -0.25) is 19.6 Å². The van der Waals surface area contributed by atoms with E-state index >= 15 is 0 Å². The third kappa shape index (κ3) is 5.49. The zero-order valence-corrected chi connectivity index (χ0v) is 19.4. The fourth-order valence-corrected chi connectivity index (χ4v) is 5.34. The fraction of sp³-hybridized carbons (Fsp3) is 0.0526. The molecule has 13 heteroatoms. The van der Waals surface area contributed by atoms with Crippen molar-refractivity contribution in [3.05, 3.63) is 86.4 Å². The zero-order valence-electron chi connectivity index (χ0n) is 16.2. The van der Waals surface area contributed by atoms with Crippen molar-refractivity contribution in [2.24, 2.45) is 0 Å². The SMILES string of the molecule is Cc1ccc(S(=O)(=O)Nc2ccc(S(=O)(=O)Nc3cc(Cl)cc(Cl)c3)cc2)cc1[N+](=O)[O-]. The predicted octanol–water partition coefficient (Wildman–Crippen LogP) is 4.81. The highest BCUT2D eigenvalue weighted by Crippen LogP contribution is 2.26. The summed E-state index contributed by atoms with van der Waals surface area (Å²) in [6, 6.07) is 12.6. The van der Waals surface area contributed by atoms with Crippen LogP contribution in [0.1, 0.15) is 5.56 Å². The molecule has 2 N–H and O–H groups in total. The molecule has 0 aliphatic heterocycles. The standard InChI is InChI=1S/C19H15Cl2N3O6S2/c1-12-2-5-18(11-19(12)24(25)26)32(29,30)22-15-3-6-17(7-4-15)31(27,28)23-16-9-13(20)8-14(21)10-16/h2-11,22-23H,1H3. The smallest absolute Gasteiger partial charge is 0.273 e. The third-order valence-corrected chi connectivity index (χ3v) is 7.43. The number of rotatable bonds is 7. The molecule has 3 rings (SSSR count). The van der Waals surface area contributed by atoms with Gasteiger partial charge in [0, 0.05) is 27.4 Å². The van der Waals surface area contributed by atoms with Crippen molar-refractivity contribution in [1.82, 2.24) is 0 Å². The second-order valence-electron chi connectivity index (χ2n) is 6.60. The van der Waals surface area contributed by atoms with Gasteiger partial charge in [0.15, 0.2) is 0 Å². The van der Waals surface area contributed by atoms with E-state index in [0.29, 0.717) is 5.56 Å². The molecule has 0 saturated heterocycles. The minimum Gasteiger partial charge on any atom is -0.280 e. The third-order valence-electron chi connectivity index (χ3n) is 4.22. The Bertz CT molecular complexity index is 1390. The molecule has 0 bridgehead atoms. The molecule has 0 amide bonds. The maximum absolute atomic E-state index is 12.6. The Morgan fingerprint density at radius 1 is 0.750 bits per heavy atom. The number of nitro benzene ring substituents is 1. The van der Waals surface area contributed by atoms with Crippen molar-refractivity contribution in [3.63, 3.8) is 0 Å². The molecule has 0 atom stereocenters. The van der Waals surface area contributed by atoms with Gasteiger partial charge < -0.3 is 0 Å². The molecule has 0 fully saturated rings. The van der Waals surface area contributed by atoms with Gasteiger partial charge in [-0.05, 0) is 55.5 Å². The summed E-state index contributed by atoms with van der Waals surface area (Å²) in [5.41, 5.74) is 0.213. The summed E-state index contributed by atoms with van der Waals surface area (Å²) in [5, 5.41) is 11.6. The molecule has 0 aromatic heterocycles. The van der Waals surface area contributed by atoms with Crippen molar-refractivity contribution in [1.29, 1.82) is 0 Å². The van der Waals surface area contributed by atoms with Gasteiger partial charge in [0.05, 0.1) is 20.4 Å². The topological polar surface area (TPSA) is 135 Å². The van der Waals surface area contributed by atoms with Gasteiger partial charge >= 0.3 is 0 Å². The van der Waals surface area contributed by atoms with E-state index in [1.165, 1.54) is 61.5 Å². The first-order chi connectivity index (χ1) is 14.9. The summed E-state index contributed by atoms with van der Waals surface area (Å²) in [6.45, 7) is 1.49. The van der Waals surface area contributed by atoms with Gasteiger partial charge in [-0.1, -0.05) is 29.3 Å². The maximum atomic E-state index is 12.6. The van der Waals surface area contributed by atoms with Crippen LogP contribution in [0.2, 0.25) is 10.0 Å². The highest BCUT2D eigenvalue weighted by Gasteiger charge is 2.21. The number of sulfonamides is 2. The van der Waals surface area contributed by atoms with Crippen molar-refractivity contribution >= 4 is 60.3 Å². The molecule has 0 spiro atoms. The zero-order chi connectivity index (χ0) is 23.7. The van der Waals surface area contributed by atoms with E-state index in [4.69, 9.17) is 23.2 Å². The Kier molecular flexibility index (Phi) is 6.65. The van der Waals surface area contributed by atoms with Crippen LogP contribution in [0, 0.1) is 17.0 Å². The van der Waals surface area contributed by atoms with Gasteiger partial charge in [-0.15, -0.1) is 0 Å². The summed E-state index contributed by atoms with van der Waals surface area (Å²) >= 11 is 11.7. The maximum Gasteiger partial charge on any atom is 0.273 e. The minimum absolute atomic E-state index is 0.0676. The number of anilines is 2. The van der Waals surface area contributed by atoms with Gasteiger partial charge in [-0.2, -0.15) is 0 Å². The molecule has 0 radical (unpaired) electrons.